The van der Waals surface area contributed by atoms with Crippen LogP contribution in [0, 0.1) is 0 Å². The number of hydrogen-bond donors (Lipinski definition) is 4. The highest BCUT2D eigenvalue weighted by Crippen LogP contribution is 2.38. The third-order valence-electron chi connectivity index (χ3n) is 6.31. The minimum atomic E-state index is -5.08. The second-order valence-electron chi connectivity index (χ2n) is 9.34. The van der Waals surface area contributed by atoms with E-state index in [-0.39, 0.29) is 5.82 Å². The molecular formula is C28H27ClF3N9O5. The van der Waals surface area contributed by atoms with Gasteiger partial charge in [0, 0.05) is 17.1 Å². The average Bonchev–Trinajstić information content (AvgIpc) is 3.61. The largest absolute Gasteiger partial charge is 0.490 e. The van der Waals surface area contributed by atoms with Crippen LogP contribution in [-0.4, -0.2) is 61.3 Å². The third-order valence-corrected chi connectivity index (χ3v) is 6.56. The van der Waals surface area contributed by atoms with E-state index in [1.165, 1.54) is 4.90 Å². The van der Waals surface area contributed by atoms with Gasteiger partial charge in [0.2, 0.25) is 0 Å². The number of nitrogens with two attached hydrogens (primary N) is 3. The summed E-state index contributed by atoms with van der Waals surface area (Å²) in [5, 5.41) is 15.3. The number of carbonyl (C=O) groups is 2. The topological polar surface area (TPSA) is 215 Å². The quantitative estimate of drug-likeness (QED) is 0.154. The average molecular weight is 662 g/mol. The maximum absolute atomic E-state index is 12.5. The van der Waals surface area contributed by atoms with Crippen molar-refractivity contribution in [3.63, 3.8) is 0 Å². The number of primary amides is 1. The summed E-state index contributed by atoms with van der Waals surface area (Å²) in [4.78, 5) is 32.3. The predicted molar refractivity (Wildman–Crippen MR) is 162 cm³/mol. The number of hydrogen-bond acceptors (Lipinski definition) is 10. The molecule has 46 heavy (non-hydrogen) atoms. The number of fused-ring (bicyclic) bond motifs is 1. The van der Waals surface area contributed by atoms with Crippen LogP contribution in [0.15, 0.2) is 59.4 Å². The lowest BCUT2D eigenvalue weighted by Gasteiger charge is -2.21. The molecule has 0 unspecified atom stereocenters. The molecule has 2 amide bonds. The first-order valence-corrected chi connectivity index (χ1v) is 13.8. The summed E-state index contributed by atoms with van der Waals surface area (Å²) in [6.07, 6.45) is -2.76. The number of alkyl halides is 3. The lowest BCUT2D eigenvalue weighted by atomic mass is 10.1. The predicted octanol–water partition coefficient (Wildman–Crippen LogP) is 4.98. The zero-order valence-electron chi connectivity index (χ0n) is 24.0. The summed E-state index contributed by atoms with van der Waals surface area (Å²) >= 11 is 6.04. The van der Waals surface area contributed by atoms with Gasteiger partial charge in [0.05, 0.1) is 29.9 Å². The number of carbonyl (C=O) groups excluding carboxylic acids is 1. The Hall–Kier alpha value is -5.42. The monoisotopic (exact) mass is 661 g/mol. The van der Waals surface area contributed by atoms with Crippen molar-refractivity contribution in [2.45, 2.75) is 26.1 Å². The van der Waals surface area contributed by atoms with Gasteiger partial charge in [-0.1, -0.05) is 23.7 Å². The van der Waals surface area contributed by atoms with E-state index in [1.807, 2.05) is 29.7 Å². The maximum Gasteiger partial charge on any atom is 0.490 e. The molecule has 3 aromatic heterocycles. The van der Waals surface area contributed by atoms with Crippen molar-refractivity contribution in [1.29, 1.82) is 0 Å². The summed E-state index contributed by atoms with van der Waals surface area (Å²) in [7, 11) is 0. The van der Waals surface area contributed by atoms with E-state index in [0.717, 1.165) is 0 Å². The molecule has 5 aromatic rings. The number of halogens is 4. The van der Waals surface area contributed by atoms with Gasteiger partial charge in [-0.05, 0) is 66.6 Å². The Morgan fingerprint density at radius 2 is 1.80 bits per heavy atom. The molecular weight excluding hydrogens is 635 g/mol. The number of nitrogen functional groups attached to an aromatic ring is 1. The number of imidazole rings is 1. The SMILES string of the molecule is CCn1c(-c2nonc2N)nc2c(-c3cccc(N(C(N)=O)c4ccc(Cl)cc4)c3)ncc(OCCCN)c21.O=C(O)C(F)(F)F. The van der Waals surface area contributed by atoms with Crippen molar-refractivity contribution >= 4 is 51.8 Å². The van der Waals surface area contributed by atoms with Crippen molar-refractivity contribution in [1.82, 2.24) is 24.8 Å². The number of amides is 2. The van der Waals surface area contributed by atoms with Gasteiger partial charge in [-0.15, -0.1) is 0 Å². The highest BCUT2D eigenvalue weighted by Gasteiger charge is 2.38. The normalized spacial score (nSPS) is 11.2. The van der Waals surface area contributed by atoms with Gasteiger partial charge >= 0.3 is 18.2 Å². The summed E-state index contributed by atoms with van der Waals surface area (Å²) in [6.45, 7) is 3.40. The molecule has 0 saturated carbocycles. The Balaban J connectivity index is 0.000000617. The lowest BCUT2D eigenvalue weighted by Crippen LogP contribution is -2.31. The molecule has 7 N–H and O–H groups in total. The Morgan fingerprint density at radius 3 is 2.37 bits per heavy atom. The third kappa shape index (κ3) is 7.27. The van der Waals surface area contributed by atoms with E-state index in [9.17, 15) is 18.0 Å². The molecule has 0 aliphatic heterocycles. The number of nitrogens with zero attached hydrogens (tertiary/aromatic N) is 6. The van der Waals surface area contributed by atoms with Crippen molar-refractivity contribution in [3.8, 4) is 28.5 Å². The lowest BCUT2D eigenvalue weighted by molar-refractivity contribution is -0.192. The highest BCUT2D eigenvalue weighted by molar-refractivity contribution is 6.30. The number of aliphatic carboxylic acids is 1. The van der Waals surface area contributed by atoms with Crippen LogP contribution in [0.2, 0.25) is 5.02 Å². The zero-order valence-corrected chi connectivity index (χ0v) is 24.8. The van der Waals surface area contributed by atoms with Gasteiger partial charge in [-0.2, -0.15) is 13.2 Å². The summed E-state index contributed by atoms with van der Waals surface area (Å²) in [5.41, 5.74) is 21.4. The fraction of sp³-hybridized carbons (Fsp3) is 0.214. The number of benzene rings is 2. The Bertz CT molecular complexity index is 1840. The first kappa shape index (κ1) is 33.5. The van der Waals surface area contributed by atoms with Crippen LogP contribution in [0.1, 0.15) is 13.3 Å². The number of urea groups is 1. The summed E-state index contributed by atoms with van der Waals surface area (Å²) in [5.74, 6) is -1.65. The molecule has 0 fully saturated rings. The number of pyridine rings is 1. The van der Waals surface area contributed by atoms with Gasteiger partial charge in [-0.3, -0.25) is 4.90 Å². The van der Waals surface area contributed by atoms with Crippen LogP contribution >= 0.6 is 11.6 Å². The molecule has 5 rings (SSSR count). The number of anilines is 3. The van der Waals surface area contributed by atoms with Crippen LogP contribution in [0.5, 0.6) is 5.75 Å². The van der Waals surface area contributed by atoms with E-state index < -0.39 is 18.2 Å². The number of rotatable bonds is 9. The first-order valence-electron chi connectivity index (χ1n) is 13.4. The summed E-state index contributed by atoms with van der Waals surface area (Å²) in [6, 6.07) is 13.4. The number of carboxylic acids is 1. The van der Waals surface area contributed by atoms with E-state index >= 15 is 0 Å². The van der Waals surface area contributed by atoms with Gasteiger partial charge in [0.25, 0.3) is 0 Å². The van der Waals surface area contributed by atoms with Crippen LogP contribution < -0.4 is 26.8 Å². The fourth-order valence-corrected chi connectivity index (χ4v) is 4.45. The van der Waals surface area contributed by atoms with Crippen molar-refractivity contribution in [2.75, 3.05) is 23.8 Å². The first-order chi connectivity index (χ1) is 21.9. The highest BCUT2D eigenvalue weighted by atomic mass is 35.5. The Labute approximate surface area is 263 Å². The van der Waals surface area contributed by atoms with Crippen molar-refractivity contribution in [2.24, 2.45) is 11.5 Å². The van der Waals surface area contributed by atoms with Crippen molar-refractivity contribution < 1.29 is 37.2 Å². The number of ether oxygens (including phenoxy) is 1. The van der Waals surface area contributed by atoms with Crippen LogP contribution in [0.3, 0.4) is 0 Å². The molecule has 0 radical (unpaired) electrons. The minimum absolute atomic E-state index is 0.113. The second kappa shape index (κ2) is 14.1. The van der Waals surface area contributed by atoms with Gasteiger partial charge in [-0.25, -0.2) is 24.2 Å². The second-order valence-corrected chi connectivity index (χ2v) is 9.78. The number of aromatic nitrogens is 5. The Morgan fingerprint density at radius 1 is 1.11 bits per heavy atom. The van der Waals surface area contributed by atoms with Gasteiger partial charge in [0.1, 0.15) is 11.0 Å². The van der Waals surface area contributed by atoms with Gasteiger partial charge < -0.3 is 31.6 Å². The van der Waals surface area contributed by atoms with Gasteiger partial charge in [0.15, 0.2) is 23.1 Å². The molecule has 0 atom stereocenters. The molecule has 0 aliphatic rings. The molecule has 242 valence electrons. The molecule has 0 spiro atoms. The van der Waals surface area contributed by atoms with E-state index in [2.05, 4.69) is 10.3 Å². The summed E-state index contributed by atoms with van der Waals surface area (Å²) < 4.78 is 44.5. The van der Waals surface area contributed by atoms with E-state index in [0.29, 0.717) is 82.1 Å². The zero-order chi connectivity index (χ0) is 33.6. The van der Waals surface area contributed by atoms with Crippen LogP contribution in [0.4, 0.5) is 35.2 Å². The number of carboxylic acid groups (broad SMARTS) is 1. The molecule has 3 heterocycles. The molecule has 2 aromatic carbocycles. The Kier molecular flexibility index (Phi) is 10.3. The minimum Gasteiger partial charge on any atom is -0.490 e. The standard InChI is InChI=1S/C26H26ClN9O3.C2HF3O2/c1-2-35-23-19(38-12-4-11-28)14-31-20(21(23)32-25(35)22-24(29)34-39-33-22)15-5-3-6-18(13-15)36(26(30)37)17-9-7-16(27)8-10-17;3-2(4,5)1(6)7/h3,5-10,13-14H,2,4,11-12,28H2,1H3,(H2,29,34)(H2,30,37);(H,6,7). The van der Waals surface area contributed by atoms with Crippen LogP contribution in [-0.2, 0) is 11.3 Å². The molecule has 0 bridgehead atoms. The fourth-order valence-electron chi connectivity index (χ4n) is 4.32. The van der Waals surface area contributed by atoms with Crippen LogP contribution in [0.25, 0.3) is 33.8 Å². The van der Waals surface area contributed by atoms with Crippen molar-refractivity contribution in [3.05, 3.63) is 59.8 Å². The number of aryl methyl sites for hydroxylation is 1. The van der Waals surface area contributed by atoms with E-state index in [4.69, 9.17) is 58.0 Å². The molecule has 0 aliphatic carbocycles. The molecule has 0 saturated heterocycles. The van der Waals surface area contributed by atoms with E-state index in [1.54, 1.807) is 36.5 Å². The molecule has 18 heteroatoms. The molecule has 14 nitrogen and oxygen atoms in total. The smallest absolute Gasteiger partial charge is 0.490 e. The maximum atomic E-state index is 12.5.